The predicted molar refractivity (Wildman–Crippen MR) is 71.6 cm³/mol. The molecule has 2 heterocycles. The molecule has 18 heavy (non-hydrogen) atoms. The lowest BCUT2D eigenvalue weighted by Gasteiger charge is -2.38. The van der Waals surface area contributed by atoms with Gasteiger partial charge < -0.3 is 4.90 Å². The molecule has 0 aliphatic carbocycles. The van der Waals surface area contributed by atoms with Crippen LogP contribution in [-0.4, -0.2) is 23.1 Å². The van der Waals surface area contributed by atoms with Crippen LogP contribution in [0.2, 0.25) is 5.15 Å². The first-order chi connectivity index (χ1) is 8.43. The van der Waals surface area contributed by atoms with Crippen molar-refractivity contribution in [3.8, 4) is 0 Å². The molecule has 1 aromatic rings. The Morgan fingerprint density at radius 1 is 1.39 bits per heavy atom. The Bertz CT molecular complexity index is 448. The number of halogens is 2. The highest BCUT2D eigenvalue weighted by Crippen LogP contribution is 2.33. The smallest absolute Gasteiger partial charge is 0.202 e. The van der Waals surface area contributed by atoms with Crippen LogP contribution in [0.3, 0.4) is 0 Å². The maximum absolute atomic E-state index is 14.1. The van der Waals surface area contributed by atoms with Gasteiger partial charge >= 0.3 is 0 Å². The molecule has 0 amide bonds. The van der Waals surface area contributed by atoms with E-state index in [9.17, 15) is 4.39 Å². The van der Waals surface area contributed by atoms with Crippen molar-refractivity contribution >= 4 is 17.4 Å². The largest absolute Gasteiger partial charge is 0.353 e. The zero-order valence-corrected chi connectivity index (χ0v) is 11.9. The quantitative estimate of drug-likeness (QED) is 0.772. The molecule has 3 nitrogen and oxygen atoms in total. The third-order valence-corrected chi connectivity index (χ3v) is 3.61. The summed E-state index contributed by atoms with van der Waals surface area (Å²) in [4.78, 5) is 10.2. The van der Waals surface area contributed by atoms with Gasteiger partial charge in [0, 0.05) is 19.5 Å². The van der Waals surface area contributed by atoms with Crippen LogP contribution >= 0.6 is 11.6 Å². The van der Waals surface area contributed by atoms with Gasteiger partial charge in [-0.15, -0.1) is 0 Å². The summed E-state index contributed by atoms with van der Waals surface area (Å²) in [5, 5.41) is -0.0692. The number of aromatic nitrogens is 2. The highest BCUT2D eigenvalue weighted by Gasteiger charge is 2.29. The second kappa shape index (κ2) is 5.00. The molecule has 0 bridgehead atoms. The number of aryl methyl sites for hydroxylation is 1. The van der Waals surface area contributed by atoms with Crippen LogP contribution in [0.15, 0.2) is 0 Å². The highest BCUT2D eigenvalue weighted by molar-refractivity contribution is 6.29. The fraction of sp³-hybridized carbons (Fsp3) is 0.692. The standard InChI is InChI=1S/C13H19ClFN3/c1-4-9-16-11(14)10(15)12(17-9)18-7-5-6-13(2,3)8-18/h4-8H2,1-3H3. The molecule has 1 saturated heterocycles. The fourth-order valence-corrected chi connectivity index (χ4v) is 2.60. The van der Waals surface area contributed by atoms with E-state index in [0.717, 1.165) is 25.9 Å². The van der Waals surface area contributed by atoms with Crippen LogP contribution in [0.4, 0.5) is 10.2 Å². The van der Waals surface area contributed by atoms with E-state index in [1.807, 2.05) is 11.8 Å². The van der Waals surface area contributed by atoms with Gasteiger partial charge in [-0.2, -0.15) is 4.39 Å². The van der Waals surface area contributed by atoms with Gasteiger partial charge in [0.05, 0.1) is 0 Å². The minimum atomic E-state index is -0.494. The van der Waals surface area contributed by atoms with E-state index in [0.29, 0.717) is 18.1 Å². The van der Waals surface area contributed by atoms with Crippen LogP contribution in [0.5, 0.6) is 0 Å². The molecule has 5 heteroatoms. The molecule has 0 N–H and O–H groups in total. The third-order valence-electron chi connectivity index (χ3n) is 3.36. The first-order valence-corrected chi connectivity index (χ1v) is 6.77. The Kier molecular flexibility index (Phi) is 3.76. The second-order valence-electron chi connectivity index (χ2n) is 5.61. The zero-order valence-electron chi connectivity index (χ0n) is 11.1. The van der Waals surface area contributed by atoms with Gasteiger partial charge in [0.1, 0.15) is 5.82 Å². The maximum Gasteiger partial charge on any atom is 0.202 e. The molecule has 0 spiro atoms. The average molecular weight is 272 g/mol. The minimum absolute atomic E-state index is 0.0692. The minimum Gasteiger partial charge on any atom is -0.353 e. The number of nitrogens with zero attached hydrogens (tertiary/aromatic N) is 3. The summed E-state index contributed by atoms with van der Waals surface area (Å²) in [6.07, 6.45) is 2.87. The highest BCUT2D eigenvalue weighted by atomic mass is 35.5. The number of anilines is 1. The molecule has 2 rings (SSSR count). The van der Waals surface area contributed by atoms with Gasteiger partial charge in [-0.25, -0.2) is 9.97 Å². The van der Waals surface area contributed by atoms with Crippen molar-refractivity contribution in [3.63, 3.8) is 0 Å². The van der Waals surface area contributed by atoms with Crippen molar-refractivity contribution in [1.82, 2.24) is 9.97 Å². The van der Waals surface area contributed by atoms with Crippen molar-refractivity contribution in [2.24, 2.45) is 5.41 Å². The maximum atomic E-state index is 14.1. The molecule has 1 fully saturated rings. The van der Waals surface area contributed by atoms with Crippen LogP contribution in [0.25, 0.3) is 0 Å². The van der Waals surface area contributed by atoms with Crippen LogP contribution < -0.4 is 4.90 Å². The van der Waals surface area contributed by atoms with Gasteiger partial charge in [-0.1, -0.05) is 32.4 Å². The number of hydrogen-bond acceptors (Lipinski definition) is 3. The Morgan fingerprint density at radius 2 is 2.11 bits per heavy atom. The van der Waals surface area contributed by atoms with E-state index in [2.05, 4.69) is 23.8 Å². The van der Waals surface area contributed by atoms with E-state index >= 15 is 0 Å². The summed E-state index contributed by atoms with van der Waals surface area (Å²) in [6, 6.07) is 0. The van der Waals surface area contributed by atoms with Crippen molar-refractivity contribution in [3.05, 3.63) is 16.8 Å². The Morgan fingerprint density at radius 3 is 2.72 bits per heavy atom. The predicted octanol–water partition coefficient (Wildman–Crippen LogP) is 3.46. The van der Waals surface area contributed by atoms with Crippen molar-refractivity contribution in [2.45, 2.75) is 40.0 Å². The lowest BCUT2D eigenvalue weighted by Crippen LogP contribution is -2.41. The van der Waals surface area contributed by atoms with E-state index in [-0.39, 0.29) is 10.6 Å². The molecule has 0 atom stereocenters. The molecule has 1 aromatic heterocycles. The molecule has 1 aliphatic rings. The van der Waals surface area contributed by atoms with Gasteiger partial charge in [0.25, 0.3) is 0 Å². The normalized spacial score (nSPS) is 19.1. The topological polar surface area (TPSA) is 29.0 Å². The Balaban J connectivity index is 2.35. The monoisotopic (exact) mass is 271 g/mol. The number of rotatable bonds is 2. The SMILES string of the molecule is CCc1nc(Cl)c(F)c(N2CCCC(C)(C)C2)n1. The molecule has 100 valence electrons. The van der Waals surface area contributed by atoms with Crippen LogP contribution in [-0.2, 0) is 6.42 Å². The van der Waals surface area contributed by atoms with Crippen LogP contribution in [0.1, 0.15) is 39.4 Å². The third kappa shape index (κ3) is 2.74. The van der Waals surface area contributed by atoms with Crippen LogP contribution in [0, 0.1) is 11.2 Å². The summed E-state index contributed by atoms with van der Waals surface area (Å²) in [5.41, 5.74) is 0.189. The van der Waals surface area contributed by atoms with E-state index in [1.165, 1.54) is 0 Å². The summed E-state index contributed by atoms with van der Waals surface area (Å²) in [7, 11) is 0. The number of piperidine rings is 1. The molecular formula is C13H19ClFN3. The summed E-state index contributed by atoms with van der Waals surface area (Å²) >= 11 is 5.84. The van der Waals surface area contributed by atoms with E-state index in [4.69, 9.17) is 11.6 Å². The molecule has 0 unspecified atom stereocenters. The Hall–Kier alpha value is -0.900. The first-order valence-electron chi connectivity index (χ1n) is 6.40. The van der Waals surface area contributed by atoms with Crippen molar-refractivity contribution in [1.29, 1.82) is 0 Å². The fourth-order valence-electron chi connectivity index (χ4n) is 2.42. The lowest BCUT2D eigenvalue weighted by molar-refractivity contribution is 0.290. The van der Waals surface area contributed by atoms with Gasteiger partial charge in [-0.3, -0.25) is 0 Å². The summed E-state index contributed by atoms with van der Waals surface area (Å²) in [5.74, 6) is 0.464. The lowest BCUT2D eigenvalue weighted by atomic mass is 9.84. The molecule has 0 aromatic carbocycles. The second-order valence-corrected chi connectivity index (χ2v) is 5.97. The summed E-state index contributed by atoms with van der Waals surface area (Å²) in [6.45, 7) is 7.96. The van der Waals surface area contributed by atoms with Gasteiger partial charge in [0.2, 0.25) is 5.82 Å². The van der Waals surface area contributed by atoms with Gasteiger partial charge in [-0.05, 0) is 18.3 Å². The van der Waals surface area contributed by atoms with Crippen molar-refractivity contribution in [2.75, 3.05) is 18.0 Å². The molecule has 1 aliphatic heterocycles. The number of hydrogen-bond donors (Lipinski definition) is 0. The average Bonchev–Trinajstić information content (AvgIpc) is 2.31. The molecular weight excluding hydrogens is 253 g/mol. The van der Waals surface area contributed by atoms with Crippen molar-refractivity contribution < 1.29 is 4.39 Å². The van der Waals surface area contributed by atoms with E-state index in [1.54, 1.807) is 0 Å². The molecule has 0 radical (unpaired) electrons. The van der Waals surface area contributed by atoms with Gasteiger partial charge in [0.15, 0.2) is 11.0 Å². The summed E-state index contributed by atoms with van der Waals surface area (Å²) < 4.78 is 14.1. The van der Waals surface area contributed by atoms with E-state index < -0.39 is 5.82 Å². The first kappa shape index (κ1) is 13.5. The zero-order chi connectivity index (χ0) is 13.3. The Labute approximate surface area is 112 Å². The molecule has 0 saturated carbocycles.